The minimum atomic E-state index is -1.01. The number of hydrogen-bond acceptors (Lipinski definition) is 3. The van der Waals surface area contributed by atoms with Gasteiger partial charge in [0.1, 0.15) is 5.69 Å². The molecule has 0 saturated heterocycles. The number of hydrogen-bond donors (Lipinski definition) is 3. The van der Waals surface area contributed by atoms with Gasteiger partial charge in [0.05, 0.1) is 16.2 Å². The lowest BCUT2D eigenvalue weighted by atomic mass is 10.2. The Bertz CT molecular complexity index is 1450. The van der Waals surface area contributed by atoms with Gasteiger partial charge in [-0.15, -0.1) is 0 Å². The van der Waals surface area contributed by atoms with Crippen molar-refractivity contribution in [3.8, 4) is 0 Å². The Hall–Kier alpha value is -3.04. The van der Waals surface area contributed by atoms with E-state index in [1.165, 1.54) is 22.9 Å². The number of benzene rings is 3. The summed E-state index contributed by atoms with van der Waals surface area (Å²) in [6.07, 6.45) is 0. The van der Waals surface area contributed by atoms with Gasteiger partial charge in [0.15, 0.2) is 0 Å². The highest BCUT2D eigenvalue weighted by molar-refractivity contribution is 9.10. The van der Waals surface area contributed by atoms with Crippen LogP contribution >= 0.6 is 50.7 Å². The fraction of sp³-hybridized carbons (Fsp3) is 0. The molecular weight excluding hydrogens is 567 g/mol. The van der Waals surface area contributed by atoms with Gasteiger partial charge in [-0.2, -0.15) is 0 Å². The second-order valence-electron chi connectivity index (χ2n) is 7.05. The van der Waals surface area contributed by atoms with Gasteiger partial charge in [0.25, 0.3) is 5.91 Å². The summed E-state index contributed by atoms with van der Waals surface area (Å²) >= 11 is 21.3. The molecule has 3 amide bonds. The largest absolute Gasteiger partial charge is 0.328 e. The standard InChI is InChI=1S/C23H14BrCl3N4O3/c24-13-4-7-19-12(8-13)9-20(21(32)28-16-3-1-2-14(25)10-16)31(19)30-23(34)22(33)29-18-6-5-15(26)11-17(18)27/h1-11H,(H,28,32)(H,29,33)(H,30,34). The zero-order valence-electron chi connectivity index (χ0n) is 17.0. The predicted molar refractivity (Wildman–Crippen MR) is 139 cm³/mol. The van der Waals surface area contributed by atoms with E-state index in [4.69, 9.17) is 34.8 Å². The van der Waals surface area contributed by atoms with Crippen molar-refractivity contribution in [3.63, 3.8) is 0 Å². The first-order valence-corrected chi connectivity index (χ1v) is 11.6. The minimum absolute atomic E-state index is 0.0961. The topological polar surface area (TPSA) is 92.2 Å². The normalized spacial score (nSPS) is 10.7. The van der Waals surface area contributed by atoms with Crippen LogP contribution in [0.4, 0.5) is 11.4 Å². The molecule has 1 heterocycles. The Kier molecular flexibility index (Phi) is 7.13. The molecule has 11 heteroatoms. The van der Waals surface area contributed by atoms with E-state index in [2.05, 4.69) is 32.0 Å². The molecule has 0 bridgehead atoms. The van der Waals surface area contributed by atoms with Crippen molar-refractivity contribution >= 4 is 90.7 Å². The van der Waals surface area contributed by atoms with Crippen molar-refractivity contribution < 1.29 is 14.4 Å². The first kappa shape index (κ1) is 24.1. The fourth-order valence-electron chi connectivity index (χ4n) is 3.16. The van der Waals surface area contributed by atoms with Crippen LogP contribution in [-0.2, 0) is 9.59 Å². The van der Waals surface area contributed by atoms with Gasteiger partial charge in [0, 0.05) is 25.6 Å². The number of nitrogens with one attached hydrogen (secondary N) is 3. The van der Waals surface area contributed by atoms with Gasteiger partial charge in [-0.1, -0.05) is 56.8 Å². The van der Waals surface area contributed by atoms with Crippen LogP contribution in [0.25, 0.3) is 10.9 Å². The molecular formula is C23H14BrCl3N4O3. The molecule has 172 valence electrons. The molecule has 0 atom stereocenters. The summed E-state index contributed by atoms with van der Waals surface area (Å²) in [6, 6.07) is 17.9. The van der Waals surface area contributed by atoms with E-state index in [0.29, 0.717) is 26.6 Å². The Balaban J connectivity index is 1.63. The zero-order valence-corrected chi connectivity index (χ0v) is 20.9. The molecule has 3 aromatic carbocycles. The number of anilines is 2. The molecule has 0 fully saturated rings. The second kappa shape index (κ2) is 10.1. The van der Waals surface area contributed by atoms with E-state index in [1.807, 2.05) is 0 Å². The van der Waals surface area contributed by atoms with Crippen molar-refractivity contribution in [3.05, 3.63) is 92.0 Å². The first-order chi connectivity index (χ1) is 16.2. The Labute approximate surface area is 217 Å². The summed E-state index contributed by atoms with van der Waals surface area (Å²) in [5.41, 5.74) is 3.76. The van der Waals surface area contributed by atoms with Crippen LogP contribution in [-0.4, -0.2) is 22.4 Å². The van der Waals surface area contributed by atoms with Crippen molar-refractivity contribution in [1.82, 2.24) is 4.68 Å². The molecule has 0 aliphatic heterocycles. The van der Waals surface area contributed by atoms with E-state index in [9.17, 15) is 14.4 Å². The van der Waals surface area contributed by atoms with Crippen LogP contribution in [0.1, 0.15) is 10.5 Å². The van der Waals surface area contributed by atoms with Gasteiger partial charge >= 0.3 is 11.8 Å². The third-order valence-corrected chi connectivity index (χ3v) is 5.95. The van der Waals surface area contributed by atoms with Crippen molar-refractivity contribution in [2.45, 2.75) is 0 Å². The monoisotopic (exact) mass is 578 g/mol. The van der Waals surface area contributed by atoms with E-state index in [0.717, 1.165) is 4.47 Å². The van der Waals surface area contributed by atoms with Gasteiger partial charge in [0.2, 0.25) is 0 Å². The number of amides is 3. The van der Waals surface area contributed by atoms with Gasteiger partial charge in [-0.05, 0) is 60.7 Å². The Morgan fingerprint density at radius 2 is 1.56 bits per heavy atom. The van der Waals surface area contributed by atoms with E-state index in [-0.39, 0.29) is 16.4 Å². The van der Waals surface area contributed by atoms with Crippen LogP contribution in [0.15, 0.2) is 71.2 Å². The molecule has 0 aliphatic carbocycles. The molecule has 34 heavy (non-hydrogen) atoms. The van der Waals surface area contributed by atoms with E-state index >= 15 is 0 Å². The highest BCUT2D eigenvalue weighted by Gasteiger charge is 2.22. The van der Waals surface area contributed by atoms with E-state index < -0.39 is 17.7 Å². The van der Waals surface area contributed by atoms with Crippen LogP contribution in [0.5, 0.6) is 0 Å². The lowest BCUT2D eigenvalue weighted by Crippen LogP contribution is -2.36. The first-order valence-electron chi connectivity index (χ1n) is 9.66. The molecule has 0 radical (unpaired) electrons. The summed E-state index contributed by atoms with van der Waals surface area (Å²) in [7, 11) is 0. The summed E-state index contributed by atoms with van der Waals surface area (Å²) in [6.45, 7) is 0. The lowest BCUT2D eigenvalue weighted by molar-refractivity contribution is -0.133. The molecule has 4 rings (SSSR count). The molecule has 0 aliphatic rings. The summed E-state index contributed by atoms with van der Waals surface area (Å²) in [5.74, 6) is -2.51. The summed E-state index contributed by atoms with van der Waals surface area (Å²) in [4.78, 5) is 38.3. The number of carbonyl (C=O) groups excluding carboxylic acids is 3. The quantitative estimate of drug-likeness (QED) is 0.247. The molecule has 7 nitrogen and oxygen atoms in total. The minimum Gasteiger partial charge on any atom is -0.321 e. The average molecular weight is 581 g/mol. The average Bonchev–Trinajstić information content (AvgIpc) is 3.13. The summed E-state index contributed by atoms with van der Waals surface area (Å²) in [5, 5.41) is 6.82. The number of carbonyl (C=O) groups is 3. The van der Waals surface area contributed by atoms with Gasteiger partial charge in [-0.25, -0.2) is 4.68 Å². The van der Waals surface area contributed by atoms with Crippen molar-refractivity contribution in [2.24, 2.45) is 0 Å². The highest BCUT2D eigenvalue weighted by atomic mass is 79.9. The smallest absolute Gasteiger partial charge is 0.321 e. The highest BCUT2D eigenvalue weighted by Crippen LogP contribution is 2.26. The molecule has 0 unspecified atom stereocenters. The maximum Gasteiger partial charge on any atom is 0.328 e. The Morgan fingerprint density at radius 3 is 2.29 bits per heavy atom. The fourth-order valence-corrected chi connectivity index (χ4v) is 4.18. The molecule has 4 aromatic rings. The third-order valence-electron chi connectivity index (χ3n) is 4.68. The number of aromatic nitrogens is 1. The maximum atomic E-state index is 13.1. The van der Waals surface area contributed by atoms with Crippen molar-refractivity contribution in [2.75, 3.05) is 16.1 Å². The number of halogens is 4. The maximum absolute atomic E-state index is 13.1. The predicted octanol–water partition coefficient (Wildman–Crippen LogP) is 6.33. The second-order valence-corrected chi connectivity index (χ2v) is 9.25. The van der Waals surface area contributed by atoms with Crippen LogP contribution in [0.3, 0.4) is 0 Å². The van der Waals surface area contributed by atoms with Crippen LogP contribution in [0, 0.1) is 0 Å². The molecule has 0 spiro atoms. The van der Waals surface area contributed by atoms with Crippen LogP contribution in [0.2, 0.25) is 15.1 Å². The number of nitrogens with zero attached hydrogens (tertiary/aromatic N) is 1. The number of rotatable bonds is 4. The Morgan fingerprint density at radius 1 is 0.794 bits per heavy atom. The molecule has 1 aromatic heterocycles. The lowest BCUT2D eigenvalue weighted by Gasteiger charge is -2.13. The van der Waals surface area contributed by atoms with Gasteiger partial charge < -0.3 is 10.6 Å². The molecule has 0 saturated carbocycles. The molecule has 3 N–H and O–H groups in total. The van der Waals surface area contributed by atoms with Crippen LogP contribution < -0.4 is 16.1 Å². The zero-order chi connectivity index (χ0) is 24.4. The number of fused-ring (bicyclic) bond motifs is 1. The van der Waals surface area contributed by atoms with Crippen molar-refractivity contribution in [1.29, 1.82) is 0 Å². The van der Waals surface area contributed by atoms with Gasteiger partial charge in [-0.3, -0.25) is 19.8 Å². The third kappa shape index (κ3) is 5.37. The summed E-state index contributed by atoms with van der Waals surface area (Å²) < 4.78 is 2.02. The SMILES string of the molecule is O=C(Nc1ccc(Cl)cc1Cl)C(=O)Nn1c(C(=O)Nc2cccc(Cl)c2)cc2cc(Br)ccc21. The van der Waals surface area contributed by atoms with E-state index in [1.54, 1.807) is 48.5 Å².